The van der Waals surface area contributed by atoms with Crippen molar-refractivity contribution in [2.45, 2.75) is 427 Å². The molecule has 1 saturated carbocycles. The zero-order valence-electron chi connectivity index (χ0n) is 61.1. The zero-order chi connectivity index (χ0) is 72.5. The molecule has 99 heavy (non-hydrogen) atoms. The third-order valence-electron chi connectivity index (χ3n) is 19.6. The van der Waals surface area contributed by atoms with Crippen LogP contribution in [0, 0.1) is 0 Å². The normalized spacial score (nSPS) is 27.4. The first-order valence-electron chi connectivity index (χ1n) is 39.3. The van der Waals surface area contributed by atoms with E-state index < -0.39 is 156 Å². The van der Waals surface area contributed by atoms with Crippen molar-refractivity contribution in [3.8, 4) is 0 Å². The van der Waals surface area contributed by atoms with Gasteiger partial charge in [0.2, 0.25) is 0 Å². The summed E-state index contributed by atoms with van der Waals surface area (Å²) in [5, 5.41) is 110. The highest BCUT2D eigenvalue weighted by atomic mass is 31.2. The first-order valence-corrected chi connectivity index (χ1v) is 40.8. The fourth-order valence-electron chi connectivity index (χ4n) is 13.2. The minimum atomic E-state index is -5.69. The van der Waals surface area contributed by atoms with Crippen molar-refractivity contribution in [3.63, 3.8) is 0 Å². The van der Waals surface area contributed by atoms with E-state index in [9.17, 15) is 74.9 Å². The van der Waals surface area contributed by atoms with Gasteiger partial charge in [0.25, 0.3) is 0 Å². The summed E-state index contributed by atoms with van der Waals surface area (Å²) in [6.07, 6.45) is 14.4. The summed E-state index contributed by atoms with van der Waals surface area (Å²) in [6, 6.07) is 0. The molecule has 2 saturated heterocycles. The van der Waals surface area contributed by atoms with Gasteiger partial charge >= 0.3 is 25.7 Å². The molecule has 0 amide bonds. The van der Waals surface area contributed by atoms with Gasteiger partial charge in [0, 0.05) is 19.3 Å². The van der Waals surface area contributed by atoms with Gasteiger partial charge < -0.3 is 89.1 Å². The quantitative estimate of drug-likeness (QED) is 0.0117. The van der Waals surface area contributed by atoms with Gasteiger partial charge in [0.05, 0.1) is 13.2 Å². The number of rotatable bonds is 62. The van der Waals surface area contributed by atoms with Gasteiger partial charge in [0.1, 0.15) is 98.7 Å². The monoisotopic (exact) mass is 1440 g/mol. The van der Waals surface area contributed by atoms with E-state index in [0.717, 1.165) is 89.9 Å². The number of phosphoric ester groups is 1. The number of esters is 3. The van der Waals surface area contributed by atoms with Crippen LogP contribution >= 0.6 is 7.82 Å². The molecule has 0 bridgehead atoms. The topological polar surface area (TPSA) is 374 Å². The average Bonchev–Trinajstić information content (AvgIpc) is 0.763. The van der Waals surface area contributed by atoms with Crippen LogP contribution in [-0.2, 0) is 61.2 Å². The van der Waals surface area contributed by atoms with Crippen molar-refractivity contribution < 1.29 is 117 Å². The molecule has 0 aromatic heterocycles. The highest BCUT2D eigenvalue weighted by molar-refractivity contribution is 7.47. The van der Waals surface area contributed by atoms with Crippen molar-refractivity contribution in [1.82, 2.24) is 0 Å². The summed E-state index contributed by atoms with van der Waals surface area (Å²) in [6.45, 7) is 3.49. The van der Waals surface area contributed by atoms with Crippen LogP contribution in [0.15, 0.2) is 0 Å². The summed E-state index contributed by atoms with van der Waals surface area (Å²) in [4.78, 5) is 51.0. The number of aliphatic hydroxyl groups excluding tert-OH is 10. The Labute approximate surface area is 593 Å². The predicted octanol–water partition coefficient (Wildman–Crippen LogP) is 11.4. The molecule has 3 aliphatic rings. The summed E-state index contributed by atoms with van der Waals surface area (Å²) in [5.74, 6) is -1.97. The van der Waals surface area contributed by atoms with Crippen LogP contribution in [-0.4, -0.2) is 204 Å². The number of carbonyl (C=O) groups excluding carboxylic acids is 3. The van der Waals surface area contributed by atoms with Crippen molar-refractivity contribution in [3.05, 3.63) is 0 Å². The van der Waals surface area contributed by atoms with Crippen molar-refractivity contribution in [2.75, 3.05) is 26.4 Å². The van der Waals surface area contributed by atoms with E-state index in [2.05, 4.69) is 20.8 Å². The molecule has 0 aromatic carbocycles. The van der Waals surface area contributed by atoms with E-state index in [4.69, 9.17) is 42.2 Å². The lowest BCUT2D eigenvalue weighted by molar-refractivity contribution is -0.360. The molecule has 584 valence electrons. The molecule has 11 N–H and O–H groups in total. The summed E-state index contributed by atoms with van der Waals surface area (Å²) < 4.78 is 65.1. The summed E-state index contributed by atoms with van der Waals surface area (Å²) in [5.41, 5.74) is 0. The second-order valence-electron chi connectivity index (χ2n) is 28.4. The second-order valence-corrected chi connectivity index (χ2v) is 29.8. The molecule has 24 nitrogen and oxygen atoms in total. The third kappa shape index (κ3) is 39.2. The van der Waals surface area contributed by atoms with Gasteiger partial charge in [-0.05, 0) is 19.3 Å². The maximum Gasteiger partial charge on any atom is 0.472 e. The minimum absolute atomic E-state index is 0.0333. The number of ether oxygens (including phenoxy) is 7. The highest BCUT2D eigenvalue weighted by Crippen LogP contribution is 2.49. The number of unbranched alkanes of at least 4 members (excludes halogenated alkanes) is 41. The molecule has 1 aliphatic carbocycles. The maximum atomic E-state index is 14.3. The molecule has 0 aromatic rings. The molecule has 25 heteroatoms. The van der Waals surface area contributed by atoms with E-state index in [1.165, 1.54) is 173 Å². The smallest absolute Gasteiger partial charge is 0.463 e. The third-order valence-corrected chi connectivity index (χ3v) is 20.6. The molecule has 0 radical (unpaired) electrons. The summed E-state index contributed by atoms with van der Waals surface area (Å²) >= 11 is 0. The molecule has 2 aliphatic heterocycles. The minimum Gasteiger partial charge on any atom is -0.463 e. The van der Waals surface area contributed by atoms with E-state index in [0.29, 0.717) is 19.3 Å². The molecule has 18 atom stereocenters. The molecular weight excluding hydrogens is 1300 g/mol. The lowest BCUT2D eigenvalue weighted by Crippen LogP contribution is -2.69. The Hall–Kier alpha value is -2.04. The lowest BCUT2D eigenvalue weighted by atomic mass is 9.84. The van der Waals surface area contributed by atoms with Crippen LogP contribution in [0.4, 0.5) is 0 Å². The van der Waals surface area contributed by atoms with E-state index in [1.807, 2.05) is 0 Å². The fraction of sp³-hybridized carbons (Fsp3) is 0.959. The van der Waals surface area contributed by atoms with Gasteiger partial charge in [0.15, 0.2) is 18.7 Å². The molecule has 3 rings (SSSR count). The zero-order valence-corrected chi connectivity index (χ0v) is 61.9. The van der Waals surface area contributed by atoms with Crippen LogP contribution in [0.3, 0.4) is 0 Å². The van der Waals surface area contributed by atoms with Gasteiger partial charge in [-0.2, -0.15) is 0 Å². The first kappa shape index (κ1) is 91.2. The molecule has 3 fully saturated rings. The molecule has 2 heterocycles. The van der Waals surface area contributed by atoms with Crippen LogP contribution in [0.2, 0.25) is 0 Å². The van der Waals surface area contributed by atoms with Gasteiger partial charge in [-0.3, -0.25) is 23.4 Å². The van der Waals surface area contributed by atoms with E-state index >= 15 is 0 Å². The Morgan fingerprint density at radius 3 is 0.990 bits per heavy atom. The average molecular weight is 1440 g/mol. The van der Waals surface area contributed by atoms with Gasteiger partial charge in [-0.1, -0.05) is 284 Å². The number of hydrogen-bond acceptors (Lipinski definition) is 23. The predicted molar refractivity (Wildman–Crippen MR) is 375 cm³/mol. The van der Waals surface area contributed by atoms with Gasteiger partial charge in [-0.25, -0.2) is 4.57 Å². The van der Waals surface area contributed by atoms with Crippen molar-refractivity contribution in [2.24, 2.45) is 0 Å². The van der Waals surface area contributed by atoms with Crippen LogP contribution in [0.1, 0.15) is 323 Å². The highest BCUT2D eigenvalue weighted by Gasteiger charge is 2.58. The first-order chi connectivity index (χ1) is 47.8. The number of phosphoric acid groups is 1. The van der Waals surface area contributed by atoms with Gasteiger partial charge in [-0.15, -0.1) is 0 Å². The standard InChI is InChI=1S/C74H139O24P/c1-4-7-10-13-16-19-22-25-27-28-29-32-34-37-40-43-46-49-59(77)91-54-57-62(80)64(82)69(87)74(95-57)97-71-67(85)65(83)66(84)70(96-73-68(86)63(81)61(79)56(51-75)94-73)72(71)98-99(88,89)92-53-55(93-60(78)50-47-44-41-38-35-30-24-21-18-15-12-9-6-3)52-90-58(76)48-45-42-39-36-33-31-26-23-20-17-14-11-8-5-2/h55-57,61-75,79-87H,4-54H2,1-3H3,(H,88,89). The fourth-order valence-corrected chi connectivity index (χ4v) is 14.2. The largest absolute Gasteiger partial charge is 0.472 e. The Balaban J connectivity index is 1.70. The van der Waals surface area contributed by atoms with Crippen LogP contribution < -0.4 is 0 Å². The maximum absolute atomic E-state index is 14.3. The number of carbonyl (C=O) groups is 3. The molecular formula is C74H139O24P. The van der Waals surface area contributed by atoms with Crippen LogP contribution in [0.5, 0.6) is 0 Å². The number of hydrogen-bond donors (Lipinski definition) is 11. The Kier molecular flexibility index (Phi) is 51.9. The van der Waals surface area contributed by atoms with Crippen molar-refractivity contribution in [1.29, 1.82) is 0 Å². The number of aliphatic hydroxyl groups is 10. The Morgan fingerprint density at radius 2 is 0.646 bits per heavy atom. The second kappa shape index (κ2) is 56.3. The molecule has 0 spiro atoms. The Bertz CT molecular complexity index is 2050. The van der Waals surface area contributed by atoms with Crippen LogP contribution in [0.25, 0.3) is 0 Å². The lowest BCUT2D eigenvalue weighted by Gasteiger charge is -2.49. The SMILES string of the molecule is CCCCCCCCCCCCCCCCCCCC(=O)OCC1OC(OC2C(O)C(O)C(O)C(OC3OC(CO)C(O)C(O)C3O)C2OP(=O)(O)OCC(COC(=O)CCCCCCCCCCCCCCCC)OC(=O)CCCCCCCCCCCCCCC)C(O)C(O)C1O. The van der Waals surface area contributed by atoms with E-state index in [-0.39, 0.29) is 19.3 Å². The van der Waals surface area contributed by atoms with E-state index in [1.54, 1.807) is 0 Å². The van der Waals surface area contributed by atoms with Crippen molar-refractivity contribution >= 4 is 25.7 Å². The Morgan fingerprint density at radius 1 is 0.354 bits per heavy atom. The molecule has 18 unspecified atom stereocenters. The summed E-state index contributed by atoms with van der Waals surface area (Å²) in [7, 11) is -5.69.